The molecule has 1 aliphatic rings. The number of hydrogen-bond donors (Lipinski definition) is 2. The van der Waals surface area contributed by atoms with Crippen LogP contribution in [0.5, 0.6) is 11.5 Å². The van der Waals surface area contributed by atoms with Gasteiger partial charge in [0.2, 0.25) is 0 Å². The van der Waals surface area contributed by atoms with Gasteiger partial charge in [-0.05, 0) is 31.0 Å². The molecule has 24 heavy (non-hydrogen) atoms. The second-order valence-electron chi connectivity index (χ2n) is 5.93. The molecule has 2 N–H and O–H groups in total. The second-order valence-corrected chi connectivity index (χ2v) is 5.93. The molecule has 2 aromatic carbocycles. The first-order chi connectivity index (χ1) is 11.6. The first kappa shape index (κ1) is 16.2. The van der Waals surface area contributed by atoms with E-state index in [4.69, 9.17) is 9.47 Å². The van der Waals surface area contributed by atoms with Gasteiger partial charge in [-0.2, -0.15) is 0 Å². The number of aryl methyl sites for hydroxylation is 1. The van der Waals surface area contributed by atoms with Crippen LogP contribution in [0, 0.1) is 13.8 Å². The SMILES string of the molecule is COc1ccccc1CNC(=O)NC1COc2c1ccc(C)c2C. The zero-order chi connectivity index (χ0) is 17.1. The van der Waals surface area contributed by atoms with Gasteiger partial charge >= 0.3 is 6.03 Å². The summed E-state index contributed by atoms with van der Waals surface area (Å²) in [6.07, 6.45) is 0. The van der Waals surface area contributed by atoms with E-state index in [1.807, 2.05) is 37.3 Å². The fourth-order valence-electron chi connectivity index (χ4n) is 2.89. The summed E-state index contributed by atoms with van der Waals surface area (Å²) in [6.45, 7) is 4.96. The molecule has 2 aromatic rings. The Kier molecular flexibility index (Phi) is 4.60. The molecule has 1 unspecified atom stereocenters. The van der Waals surface area contributed by atoms with Crippen LogP contribution in [0.3, 0.4) is 0 Å². The third-order valence-electron chi connectivity index (χ3n) is 4.41. The molecular formula is C19H22N2O3. The van der Waals surface area contributed by atoms with Crippen molar-refractivity contribution in [3.05, 3.63) is 58.7 Å². The number of para-hydroxylation sites is 1. The average molecular weight is 326 g/mol. The molecule has 0 fully saturated rings. The van der Waals surface area contributed by atoms with Crippen LogP contribution in [0.25, 0.3) is 0 Å². The second kappa shape index (κ2) is 6.83. The van der Waals surface area contributed by atoms with Crippen molar-refractivity contribution in [1.82, 2.24) is 10.6 Å². The van der Waals surface area contributed by atoms with Crippen molar-refractivity contribution < 1.29 is 14.3 Å². The molecule has 126 valence electrons. The third-order valence-corrected chi connectivity index (χ3v) is 4.41. The lowest BCUT2D eigenvalue weighted by Gasteiger charge is -2.14. The minimum Gasteiger partial charge on any atom is -0.496 e. The number of fused-ring (bicyclic) bond motifs is 1. The molecular weight excluding hydrogens is 304 g/mol. The van der Waals surface area contributed by atoms with E-state index in [9.17, 15) is 4.79 Å². The Hall–Kier alpha value is -2.69. The van der Waals surface area contributed by atoms with Crippen molar-refractivity contribution in [2.45, 2.75) is 26.4 Å². The number of carbonyl (C=O) groups is 1. The Labute approximate surface area is 142 Å². The Morgan fingerprint density at radius 3 is 2.83 bits per heavy atom. The molecule has 0 aromatic heterocycles. The van der Waals surface area contributed by atoms with Crippen LogP contribution in [0.15, 0.2) is 36.4 Å². The maximum absolute atomic E-state index is 12.2. The van der Waals surface area contributed by atoms with Gasteiger partial charge in [-0.1, -0.05) is 30.3 Å². The standard InChI is InChI=1S/C19H22N2O3/c1-12-8-9-15-16(11-24-18(15)13(12)2)21-19(22)20-10-14-6-4-5-7-17(14)23-3/h4-9,16H,10-11H2,1-3H3,(H2,20,21,22). The van der Waals surface area contributed by atoms with E-state index in [2.05, 4.69) is 23.6 Å². The van der Waals surface area contributed by atoms with Crippen molar-refractivity contribution in [3.8, 4) is 11.5 Å². The van der Waals surface area contributed by atoms with Crippen LogP contribution < -0.4 is 20.1 Å². The van der Waals surface area contributed by atoms with Gasteiger partial charge in [0.25, 0.3) is 0 Å². The van der Waals surface area contributed by atoms with Crippen molar-refractivity contribution in [3.63, 3.8) is 0 Å². The van der Waals surface area contributed by atoms with E-state index in [0.717, 1.165) is 28.2 Å². The summed E-state index contributed by atoms with van der Waals surface area (Å²) in [6, 6.07) is 11.4. The lowest BCUT2D eigenvalue weighted by atomic mass is 10.0. The number of methoxy groups -OCH3 is 1. The molecule has 5 heteroatoms. The van der Waals surface area contributed by atoms with Crippen molar-refractivity contribution >= 4 is 6.03 Å². The highest BCUT2D eigenvalue weighted by molar-refractivity contribution is 5.75. The topological polar surface area (TPSA) is 59.6 Å². The molecule has 1 atom stereocenters. The van der Waals surface area contributed by atoms with Crippen LogP contribution in [0.1, 0.15) is 28.3 Å². The summed E-state index contributed by atoms with van der Waals surface area (Å²) in [5.74, 6) is 1.66. The monoisotopic (exact) mass is 326 g/mol. The lowest BCUT2D eigenvalue weighted by Crippen LogP contribution is -2.38. The summed E-state index contributed by atoms with van der Waals surface area (Å²) in [5.41, 5.74) is 4.29. The minimum atomic E-state index is -0.222. The van der Waals surface area contributed by atoms with E-state index in [0.29, 0.717) is 13.2 Å². The van der Waals surface area contributed by atoms with Crippen molar-refractivity contribution in [1.29, 1.82) is 0 Å². The highest BCUT2D eigenvalue weighted by Gasteiger charge is 2.27. The molecule has 3 rings (SSSR count). The van der Waals surface area contributed by atoms with Gasteiger partial charge in [-0.3, -0.25) is 0 Å². The first-order valence-corrected chi connectivity index (χ1v) is 7.99. The Morgan fingerprint density at radius 2 is 2.04 bits per heavy atom. The maximum Gasteiger partial charge on any atom is 0.315 e. The summed E-state index contributed by atoms with van der Waals surface area (Å²) >= 11 is 0. The molecule has 0 bridgehead atoms. The molecule has 1 aliphatic heterocycles. The average Bonchev–Trinajstić information content (AvgIpc) is 3.00. The zero-order valence-electron chi connectivity index (χ0n) is 14.2. The number of nitrogens with one attached hydrogen (secondary N) is 2. The van der Waals surface area contributed by atoms with E-state index in [-0.39, 0.29) is 12.1 Å². The van der Waals surface area contributed by atoms with Crippen molar-refractivity contribution in [2.75, 3.05) is 13.7 Å². The molecule has 2 amide bonds. The number of rotatable bonds is 4. The van der Waals surface area contributed by atoms with Crippen LogP contribution >= 0.6 is 0 Å². The predicted molar refractivity (Wildman–Crippen MR) is 92.5 cm³/mol. The highest BCUT2D eigenvalue weighted by Crippen LogP contribution is 2.36. The quantitative estimate of drug-likeness (QED) is 0.907. The number of ether oxygens (including phenoxy) is 2. The number of carbonyl (C=O) groups excluding carboxylic acids is 1. The number of urea groups is 1. The summed E-state index contributed by atoms with van der Waals surface area (Å²) < 4.78 is 11.1. The number of amides is 2. The van der Waals surface area contributed by atoms with Gasteiger partial charge in [0.1, 0.15) is 18.1 Å². The van der Waals surface area contributed by atoms with E-state index in [1.54, 1.807) is 7.11 Å². The molecule has 1 heterocycles. The zero-order valence-corrected chi connectivity index (χ0v) is 14.2. The lowest BCUT2D eigenvalue weighted by molar-refractivity contribution is 0.231. The third kappa shape index (κ3) is 3.15. The van der Waals surface area contributed by atoms with E-state index in [1.165, 1.54) is 5.56 Å². The Bertz CT molecular complexity index is 758. The Morgan fingerprint density at radius 1 is 1.25 bits per heavy atom. The molecule has 0 aliphatic carbocycles. The van der Waals surface area contributed by atoms with Gasteiger partial charge in [0, 0.05) is 17.7 Å². The van der Waals surface area contributed by atoms with Crippen LogP contribution in [-0.4, -0.2) is 19.7 Å². The molecule has 0 radical (unpaired) electrons. The minimum absolute atomic E-state index is 0.128. The van der Waals surface area contributed by atoms with Gasteiger partial charge < -0.3 is 20.1 Å². The van der Waals surface area contributed by atoms with Crippen LogP contribution in [-0.2, 0) is 6.54 Å². The molecule has 0 spiro atoms. The van der Waals surface area contributed by atoms with Gasteiger partial charge in [0.15, 0.2) is 0 Å². The first-order valence-electron chi connectivity index (χ1n) is 7.99. The fraction of sp³-hybridized carbons (Fsp3) is 0.316. The molecule has 0 saturated carbocycles. The summed E-state index contributed by atoms with van der Waals surface area (Å²) in [7, 11) is 1.62. The van der Waals surface area contributed by atoms with E-state index < -0.39 is 0 Å². The number of benzene rings is 2. The Balaban J connectivity index is 1.62. The predicted octanol–water partition coefficient (Wildman–Crippen LogP) is 3.24. The van der Waals surface area contributed by atoms with Crippen LogP contribution in [0.2, 0.25) is 0 Å². The number of hydrogen-bond acceptors (Lipinski definition) is 3. The van der Waals surface area contributed by atoms with E-state index >= 15 is 0 Å². The van der Waals surface area contributed by atoms with Crippen LogP contribution in [0.4, 0.5) is 4.79 Å². The van der Waals surface area contributed by atoms with Gasteiger partial charge in [0.05, 0.1) is 13.2 Å². The normalized spacial score (nSPS) is 15.4. The van der Waals surface area contributed by atoms with Gasteiger partial charge in [-0.25, -0.2) is 4.79 Å². The highest BCUT2D eigenvalue weighted by atomic mass is 16.5. The smallest absolute Gasteiger partial charge is 0.315 e. The molecule has 0 saturated heterocycles. The van der Waals surface area contributed by atoms with Crippen molar-refractivity contribution in [2.24, 2.45) is 0 Å². The largest absolute Gasteiger partial charge is 0.496 e. The van der Waals surface area contributed by atoms with Gasteiger partial charge in [-0.15, -0.1) is 0 Å². The fourth-order valence-corrected chi connectivity index (χ4v) is 2.89. The molecule has 5 nitrogen and oxygen atoms in total. The maximum atomic E-state index is 12.2. The summed E-state index contributed by atoms with van der Waals surface area (Å²) in [4.78, 5) is 12.2. The summed E-state index contributed by atoms with van der Waals surface area (Å²) in [5, 5.41) is 5.85.